The van der Waals surface area contributed by atoms with Crippen LogP contribution in [0.1, 0.15) is 44.3 Å². The van der Waals surface area contributed by atoms with Gasteiger partial charge in [-0.1, -0.05) is 6.92 Å². The second-order valence-corrected chi connectivity index (χ2v) is 5.07. The Labute approximate surface area is 104 Å². The van der Waals surface area contributed by atoms with Crippen molar-refractivity contribution in [3.05, 3.63) is 11.6 Å². The molecule has 0 aliphatic carbocycles. The van der Waals surface area contributed by atoms with Gasteiger partial charge in [-0.05, 0) is 51.6 Å². The van der Waals surface area contributed by atoms with Crippen molar-refractivity contribution in [2.45, 2.75) is 52.5 Å². The van der Waals surface area contributed by atoms with Crippen LogP contribution in [0.3, 0.4) is 0 Å². The number of hydrogen-bond donors (Lipinski definition) is 1. The van der Waals surface area contributed by atoms with Crippen LogP contribution >= 0.6 is 0 Å². The Morgan fingerprint density at radius 2 is 2.18 bits per heavy atom. The summed E-state index contributed by atoms with van der Waals surface area (Å²) in [6.45, 7) is 7.65. The van der Waals surface area contributed by atoms with Gasteiger partial charge in [-0.2, -0.15) is 0 Å². The van der Waals surface area contributed by atoms with Gasteiger partial charge in [0.2, 0.25) is 0 Å². The maximum atomic E-state index is 4.35. The molecule has 1 atom stereocenters. The first-order valence-electron chi connectivity index (χ1n) is 6.90. The molecule has 1 saturated heterocycles. The Hall–Kier alpha value is -0.900. The van der Waals surface area contributed by atoms with Gasteiger partial charge < -0.3 is 9.88 Å². The average molecular weight is 236 g/mol. The Kier molecular flexibility index (Phi) is 4.54. The molecule has 17 heavy (non-hydrogen) atoms. The van der Waals surface area contributed by atoms with E-state index in [9.17, 15) is 0 Å². The zero-order chi connectivity index (χ0) is 12.1. The molecule has 0 spiro atoms. The molecule has 2 heterocycles. The van der Waals surface area contributed by atoms with E-state index in [0.29, 0.717) is 0 Å². The van der Waals surface area contributed by atoms with Crippen LogP contribution in [0.25, 0.3) is 0 Å². The van der Waals surface area contributed by atoms with Gasteiger partial charge in [0.05, 0.1) is 0 Å². The first kappa shape index (κ1) is 12.6. The minimum Gasteiger partial charge on any atom is -0.317 e. The summed E-state index contributed by atoms with van der Waals surface area (Å²) in [4.78, 5) is 0. The molecule has 1 aliphatic rings. The zero-order valence-electron chi connectivity index (χ0n) is 11.1. The Balaban J connectivity index is 2.01. The molecule has 96 valence electrons. The monoisotopic (exact) mass is 236 g/mol. The first-order chi connectivity index (χ1) is 8.31. The second-order valence-electron chi connectivity index (χ2n) is 5.07. The van der Waals surface area contributed by atoms with E-state index in [2.05, 4.69) is 33.9 Å². The minimum atomic E-state index is 0.782. The highest BCUT2D eigenvalue weighted by Gasteiger charge is 2.16. The molecule has 0 radical (unpaired) electrons. The summed E-state index contributed by atoms with van der Waals surface area (Å²) in [5.74, 6) is 3.04. The number of nitrogens with one attached hydrogen (secondary N) is 1. The fourth-order valence-corrected chi connectivity index (χ4v) is 2.64. The normalized spacial score (nSPS) is 21.4. The Morgan fingerprint density at radius 3 is 3.00 bits per heavy atom. The lowest BCUT2D eigenvalue weighted by atomic mass is 9.96. The van der Waals surface area contributed by atoms with E-state index in [0.717, 1.165) is 37.7 Å². The second kappa shape index (κ2) is 6.15. The molecule has 1 fully saturated rings. The van der Waals surface area contributed by atoms with Gasteiger partial charge in [-0.15, -0.1) is 10.2 Å². The highest BCUT2D eigenvalue weighted by molar-refractivity contribution is 4.95. The number of nitrogens with zero attached hydrogens (tertiary/aromatic N) is 3. The van der Waals surface area contributed by atoms with Crippen LogP contribution in [-0.2, 0) is 13.0 Å². The third-order valence-electron chi connectivity index (χ3n) is 3.63. The van der Waals surface area contributed by atoms with Gasteiger partial charge in [0.15, 0.2) is 0 Å². The first-order valence-corrected chi connectivity index (χ1v) is 6.90. The number of aryl methyl sites for hydroxylation is 1. The summed E-state index contributed by atoms with van der Waals surface area (Å²) in [7, 11) is 0. The van der Waals surface area contributed by atoms with E-state index in [1.807, 2.05) is 0 Å². The smallest absolute Gasteiger partial charge is 0.133 e. The molecular weight excluding hydrogens is 212 g/mol. The van der Waals surface area contributed by atoms with E-state index < -0.39 is 0 Å². The number of hydrogen-bond acceptors (Lipinski definition) is 3. The van der Waals surface area contributed by atoms with Crippen LogP contribution in [0.4, 0.5) is 0 Å². The van der Waals surface area contributed by atoms with Gasteiger partial charge in [0, 0.05) is 13.0 Å². The molecule has 0 aromatic carbocycles. The van der Waals surface area contributed by atoms with E-state index in [1.54, 1.807) is 0 Å². The molecule has 4 heteroatoms. The maximum Gasteiger partial charge on any atom is 0.133 e. The molecule has 1 N–H and O–H groups in total. The van der Waals surface area contributed by atoms with Crippen molar-refractivity contribution in [3.8, 4) is 0 Å². The van der Waals surface area contributed by atoms with Crippen LogP contribution in [0.5, 0.6) is 0 Å². The predicted molar refractivity (Wildman–Crippen MR) is 69.0 cm³/mol. The lowest BCUT2D eigenvalue weighted by Gasteiger charge is -2.14. The van der Waals surface area contributed by atoms with Crippen molar-refractivity contribution in [3.63, 3.8) is 0 Å². The fraction of sp³-hybridized carbons (Fsp3) is 0.846. The van der Waals surface area contributed by atoms with Crippen molar-refractivity contribution < 1.29 is 0 Å². The molecule has 0 saturated carbocycles. The molecule has 1 aromatic rings. The van der Waals surface area contributed by atoms with Crippen molar-refractivity contribution in [1.82, 2.24) is 20.1 Å². The topological polar surface area (TPSA) is 42.7 Å². The molecule has 1 unspecified atom stereocenters. The molecule has 1 aliphatic heterocycles. The summed E-state index contributed by atoms with van der Waals surface area (Å²) in [5.41, 5.74) is 0. The van der Waals surface area contributed by atoms with Gasteiger partial charge in [0.1, 0.15) is 11.6 Å². The standard InChI is InChI=1S/C13H24N4/c1-3-9-17-11(2)15-16-13(17)10-12-5-4-7-14-8-6-12/h12,14H,3-10H2,1-2H3. The highest BCUT2D eigenvalue weighted by Crippen LogP contribution is 2.19. The summed E-state index contributed by atoms with van der Waals surface area (Å²) in [6.07, 6.45) is 6.15. The summed E-state index contributed by atoms with van der Waals surface area (Å²) in [6, 6.07) is 0. The van der Waals surface area contributed by atoms with Crippen LogP contribution in [0, 0.1) is 12.8 Å². The average Bonchev–Trinajstić information content (AvgIpc) is 2.57. The van der Waals surface area contributed by atoms with Crippen LogP contribution in [0.15, 0.2) is 0 Å². The third kappa shape index (κ3) is 3.28. The Morgan fingerprint density at radius 1 is 1.29 bits per heavy atom. The van der Waals surface area contributed by atoms with Crippen LogP contribution in [-0.4, -0.2) is 27.9 Å². The van der Waals surface area contributed by atoms with Gasteiger partial charge >= 0.3 is 0 Å². The van der Waals surface area contributed by atoms with Gasteiger partial charge in [-0.25, -0.2) is 0 Å². The predicted octanol–water partition coefficient (Wildman–Crippen LogP) is 1.93. The number of aromatic nitrogens is 3. The maximum absolute atomic E-state index is 4.35. The molecule has 4 nitrogen and oxygen atoms in total. The minimum absolute atomic E-state index is 0.782. The summed E-state index contributed by atoms with van der Waals surface area (Å²) < 4.78 is 2.29. The van der Waals surface area contributed by atoms with Crippen molar-refractivity contribution >= 4 is 0 Å². The third-order valence-corrected chi connectivity index (χ3v) is 3.63. The van der Waals surface area contributed by atoms with Crippen molar-refractivity contribution in [1.29, 1.82) is 0 Å². The van der Waals surface area contributed by atoms with Gasteiger partial charge in [0.25, 0.3) is 0 Å². The molecule has 0 bridgehead atoms. The lowest BCUT2D eigenvalue weighted by molar-refractivity contribution is 0.446. The molecule has 0 amide bonds. The fourth-order valence-electron chi connectivity index (χ4n) is 2.64. The van der Waals surface area contributed by atoms with Crippen LogP contribution in [0.2, 0.25) is 0 Å². The number of rotatable bonds is 4. The van der Waals surface area contributed by atoms with Crippen molar-refractivity contribution in [2.24, 2.45) is 5.92 Å². The van der Waals surface area contributed by atoms with Crippen molar-refractivity contribution in [2.75, 3.05) is 13.1 Å². The van der Waals surface area contributed by atoms with E-state index in [-0.39, 0.29) is 0 Å². The van der Waals surface area contributed by atoms with Gasteiger partial charge in [-0.3, -0.25) is 0 Å². The molecule has 1 aromatic heterocycles. The van der Waals surface area contributed by atoms with E-state index in [4.69, 9.17) is 0 Å². The lowest BCUT2D eigenvalue weighted by Crippen LogP contribution is -2.15. The Bertz CT molecular complexity index is 337. The summed E-state index contributed by atoms with van der Waals surface area (Å²) in [5, 5.41) is 12.0. The largest absolute Gasteiger partial charge is 0.317 e. The zero-order valence-corrected chi connectivity index (χ0v) is 11.1. The van der Waals surface area contributed by atoms with E-state index >= 15 is 0 Å². The quantitative estimate of drug-likeness (QED) is 0.868. The molecule has 2 rings (SSSR count). The highest BCUT2D eigenvalue weighted by atomic mass is 15.3. The van der Waals surface area contributed by atoms with E-state index in [1.165, 1.54) is 31.6 Å². The van der Waals surface area contributed by atoms with Crippen LogP contribution < -0.4 is 5.32 Å². The SMILES string of the molecule is CCCn1c(C)nnc1CC1CCCNCC1. The summed E-state index contributed by atoms with van der Waals surface area (Å²) >= 11 is 0. The molecular formula is C13H24N4.